The number of rotatable bonds is 8. The Balaban J connectivity index is 2.68. The number of ether oxygens (including phenoxy) is 2. The van der Waals surface area contributed by atoms with Crippen molar-refractivity contribution in [3.63, 3.8) is 0 Å². The molecule has 1 saturated heterocycles. The number of carboxylic acid groups (broad SMARTS) is 1. The number of hydrogen-bond acceptors (Lipinski definition) is 5. The number of hydrogen-bond donors (Lipinski definition) is 1. The Morgan fingerprint density at radius 1 is 1.29 bits per heavy atom. The molecule has 21 heavy (non-hydrogen) atoms. The average Bonchev–Trinajstić information content (AvgIpc) is 2.50. The van der Waals surface area contributed by atoms with E-state index in [4.69, 9.17) is 9.47 Å². The standard InChI is InChI=1S/C13H24N2O5S/c1-19-7-3-4-14(5-8-20-2)13(18)15-6-9-21-10-11(15)12(16)17/h11H,3-10H2,1-2H3,(H,16,17). The lowest BCUT2D eigenvalue weighted by Crippen LogP contribution is -2.55. The highest BCUT2D eigenvalue weighted by Crippen LogP contribution is 2.18. The van der Waals surface area contributed by atoms with Crippen LogP contribution < -0.4 is 0 Å². The van der Waals surface area contributed by atoms with E-state index in [1.54, 1.807) is 30.9 Å². The molecule has 8 heteroatoms. The number of carbonyl (C=O) groups excluding carboxylic acids is 1. The molecule has 0 spiro atoms. The first kappa shape index (κ1) is 18.1. The fourth-order valence-corrected chi connectivity index (χ4v) is 3.16. The highest BCUT2D eigenvalue weighted by molar-refractivity contribution is 7.99. The lowest BCUT2D eigenvalue weighted by Gasteiger charge is -2.36. The first-order chi connectivity index (χ1) is 10.1. The molecule has 1 unspecified atom stereocenters. The van der Waals surface area contributed by atoms with Gasteiger partial charge in [0.2, 0.25) is 0 Å². The summed E-state index contributed by atoms with van der Waals surface area (Å²) in [6.45, 7) is 2.45. The van der Waals surface area contributed by atoms with Gasteiger partial charge in [0, 0.05) is 52.0 Å². The molecule has 1 aliphatic rings. The van der Waals surface area contributed by atoms with Crippen LogP contribution in [0.3, 0.4) is 0 Å². The molecular weight excluding hydrogens is 296 g/mol. The molecule has 1 N–H and O–H groups in total. The number of carboxylic acids is 1. The number of amides is 2. The highest BCUT2D eigenvalue weighted by Gasteiger charge is 2.34. The molecule has 122 valence electrons. The first-order valence-electron chi connectivity index (χ1n) is 6.95. The summed E-state index contributed by atoms with van der Waals surface area (Å²) in [5.74, 6) is 0.266. The smallest absolute Gasteiger partial charge is 0.327 e. The van der Waals surface area contributed by atoms with E-state index in [9.17, 15) is 14.7 Å². The van der Waals surface area contributed by atoms with Gasteiger partial charge in [0.05, 0.1) is 6.61 Å². The van der Waals surface area contributed by atoms with E-state index in [1.807, 2.05) is 0 Å². The number of thioether (sulfide) groups is 1. The molecule has 0 saturated carbocycles. The minimum absolute atomic E-state index is 0.226. The van der Waals surface area contributed by atoms with E-state index in [-0.39, 0.29) is 6.03 Å². The largest absolute Gasteiger partial charge is 0.480 e. The van der Waals surface area contributed by atoms with Gasteiger partial charge in [-0.1, -0.05) is 0 Å². The fraction of sp³-hybridized carbons (Fsp3) is 0.846. The van der Waals surface area contributed by atoms with Crippen molar-refractivity contribution in [2.45, 2.75) is 12.5 Å². The Kier molecular flexibility index (Phi) is 8.48. The third-order valence-corrected chi connectivity index (χ3v) is 4.29. The van der Waals surface area contributed by atoms with Gasteiger partial charge in [0.1, 0.15) is 6.04 Å². The Hall–Kier alpha value is -0.990. The van der Waals surface area contributed by atoms with Crippen molar-refractivity contribution in [1.82, 2.24) is 9.80 Å². The zero-order valence-corrected chi connectivity index (χ0v) is 13.4. The molecule has 0 radical (unpaired) electrons. The van der Waals surface area contributed by atoms with Gasteiger partial charge in [-0.05, 0) is 6.42 Å². The lowest BCUT2D eigenvalue weighted by molar-refractivity contribution is -0.141. The van der Waals surface area contributed by atoms with Gasteiger partial charge < -0.3 is 24.4 Å². The maximum Gasteiger partial charge on any atom is 0.327 e. The predicted molar refractivity (Wildman–Crippen MR) is 80.8 cm³/mol. The summed E-state index contributed by atoms with van der Waals surface area (Å²) in [6.07, 6.45) is 0.715. The topological polar surface area (TPSA) is 79.3 Å². The van der Waals surface area contributed by atoms with E-state index < -0.39 is 12.0 Å². The quantitative estimate of drug-likeness (QED) is 0.660. The van der Waals surface area contributed by atoms with Crippen LogP contribution in [0.4, 0.5) is 4.79 Å². The molecule has 0 aromatic carbocycles. The van der Waals surface area contributed by atoms with E-state index >= 15 is 0 Å². The van der Waals surface area contributed by atoms with Crippen LogP contribution in [-0.2, 0) is 14.3 Å². The van der Waals surface area contributed by atoms with Crippen molar-refractivity contribution in [1.29, 1.82) is 0 Å². The van der Waals surface area contributed by atoms with Crippen molar-refractivity contribution in [3.8, 4) is 0 Å². The summed E-state index contributed by atoms with van der Waals surface area (Å²) in [4.78, 5) is 27.0. The van der Waals surface area contributed by atoms with Crippen LogP contribution in [0.2, 0.25) is 0 Å². The van der Waals surface area contributed by atoms with Crippen molar-refractivity contribution in [3.05, 3.63) is 0 Å². The minimum Gasteiger partial charge on any atom is -0.480 e. The fourth-order valence-electron chi connectivity index (χ4n) is 2.12. The maximum absolute atomic E-state index is 12.6. The zero-order chi connectivity index (χ0) is 15.7. The molecule has 0 aromatic rings. The van der Waals surface area contributed by atoms with Crippen LogP contribution in [-0.4, -0.2) is 91.5 Å². The van der Waals surface area contributed by atoms with Gasteiger partial charge in [-0.15, -0.1) is 0 Å². The molecule has 0 aliphatic carbocycles. The van der Waals surface area contributed by atoms with Crippen LogP contribution >= 0.6 is 11.8 Å². The second-order valence-electron chi connectivity index (χ2n) is 4.73. The van der Waals surface area contributed by atoms with Crippen LogP contribution in [0.15, 0.2) is 0 Å². The summed E-state index contributed by atoms with van der Waals surface area (Å²) < 4.78 is 10.0. The third-order valence-electron chi connectivity index (χ3n) is 3.27. The number of methoxy groups -OCH3 is 2. The number of nitrogens with zero attached hydrogens (tertiary/aromatic N) is 2. The molecule has 7 nitrogen and oxygen atoms in total. The van der Waals surface area contributed by atoms with Gasteiger partial charge in [-0.3, -0.25) is 0 Å². The minimum atomic E-state index is -0.945. The molecule has 1 rings (SSSR count). The molecule has 0 bridgehead atoms. The van der Waals surface area contributed by atoms with Gasteiger partial charge in [-0.25, -0.2) is 9.59 Å². The molecule has 0 aromatic heterocycles. The van der Waals surface area contributed by atoms with Gasteiger partial charge in [0.15, 0.2) is 0 Å². The van der Waals surface area contributed by atoms with Crippen molar-refractivity contribution in [2.75, 3.05) is 58.6 Å². The summed E-state index contributed by atoms with van der Waals surface area (Å²) >= 11 is 1.57. The van der Waals surface area contributed by atoms with E-state index in [1.165, 1.54) is 4.90 Å². The summed E-state index contributed by atoms with van der Waals surface area (Å²) in [6, 6.07) is -0.973. The van der Waals surface area contributed by atoms with E-state index in [0.29, 0.717) is 45.0 Å². The molecule has 1 heterocycles. The first-order valence-corrected chi connectivity index (χ1v) is 8.11. The van der Waals surface area contributed by atoms with Crippen molar-refractivity contribution >= 4 is 23.8 Å². The van der Waals surface area contributed by atoms with Crippen molar-refractivity contribution in [2.24, 2.45) is 0 Å². The number of aliphatic carboxylic acids is 1. The Morgan fingerprint density at radius 3 is 2.62 bits per heavy atom. The zero-order valence-electron chi connectivity index (χ0n) is 12.6. The maximum atomic E-state index is 12.6. The summed E-state index contributed by atoms with van der Waals surface area (Å²) in [5.41, 5.74) is 0. The third kappa shape index (κ3) is 5.72. The van der Waals surface area contributed by atoms with Crippen LogP contribution in [0.1, 0.15) is 6.42 Å². The van der Waals surface area contributed by atoms with Crippen LogP contribution in [0.25, 0.3) is 0 Å². The number of urea groups is 1. The highest BCUT2D eigenvalue weighted by atomic mass is 32.2. The second-order valence-corrected chi connectivity index (χ2v) is 5.88. The van der Waals surface area contributed by atoms with Crippen LogP contribution in [0.5, 0.6) is 0 Å². The Labute approximate surface area is 129 Å². The van der Waals surface area contributed by atoms with Crippen LogP contribution in [0, 0.1) is 0 Å². The van der Waals surface area contributed by atoms with Gasteiger partial charge >= 0.3 is 12.0 Å². The second kappa shape index (κ2) is 9.86. The SMILES string of the molecule is COCCCN(CCOC)C(=O)N1CCSCC1C(=O)O. The molecule has 2 amide bonds. The monoisotopic (exact) mass is 320 g/mol. The van der Waals surface area contributed by atoms with E-state index in [2.05, 4.69) is 0 Å². The summed E-state index contributed by atoms with van der Waals surface area (Å²) in [5, 5.41) is 9.26. The van der Waals surface area contributed by atoms with Crippen molar-refractivity contribution < 1.29 is 24.2 Å². The normalized spacial score (nSPS) is 18.6. The molecule has 1 aliphatic heterocycles. The van der Waals surface area contributed by atoms with Gasteiger partial charge in [0.25, 0.3) is 0 Å². The Morgan fingerprint density at radius 2 is 2.00 bits per heavy atom. The molecule has 1 atom stereocenters. The molecular formula is C13H24N2O5S. The van der Waals surface area contributed by atoms with Gasteiger partial charge in [-0.2, -0.15) is 11.8 Å². The summed E-state index contributed by atoms with van der Waals surface area (Å²) in [7, 11) is 3.19. The lowest BCUT2D eigenvalue weighted by atomic mass is 10.2. The van der Waals surface area contributed by atoms with E-state index in [0.717, 1.165) is 5.75 Å². The predicted octanol–water partition coefficient (Wildman–Crippen LogP) is 0.593. The number of carbonyl (C=O) groups is 2. The Bertz CT molecular complexity index is 343. The molecule has 1 fully saturated rings. The average molecular weight is 320 g/mol.